The number of amides is 2. The zero-order valence-electron chi connectivity index (χ0n) is 16.4. The molecule has 152 valence electrons. The standard InChI is InChI=1S/C21H28N2O5/c1-12-20(28-18-6-4-3-5-17(18)27-12)21(25)22-14-7-8-15-13(11-26-2)9-19(24)23-16(15)10-14/h3-6,12-16,20H,7-11H2,1-2H3,(H,22,25)(H,23,24). The van der Waals surface area contributed by atoms with E-state index in [2.05, 4.69) is 10.6 Å². The van der Waals surface area contributed by atoms with Crippen molar-refractivity contribution >= 4 is 11.8 Å². The van der Waals surface area contributed by atoms with Crippen LogP contribution in [0.15, 0.2) is 24.3 Å². The molecule has 2 fully saturated rings. The van der Waals surface area contributed by atoms with Crippen molar-refractivity contribution in [2.24, 2.45) is 11.8 Å². The van der Waals surface area contributed by atoms with E-state index in [0.29, 0.717) is 30.4 Å². The lowest BCUT2D eigenvalue weighted by molar-refractivity contribution is -0.134. The van der Waals surface area contributed by atoms with Gasteiger partial charge in [0, 0.05) is 32.2 Å². The lowest BCUT2D eigenvalue weighted by Gasteiger charge is -2.44. The van der Waals surface area contributed by atoms with E-state index in [-0.39, 0.29) is 35.9 Å². The molecule has 1 saturated heterocycles. The summed E-state index contributed by atoms with van der Waals surface area (Å²) >= 11 is 0. The highest BCUT2D eigenvalue weighted by molar-refractivity contribution is 5.82. The third-order valence-corrected chi connectivity index (χ3v) is 6.13. The van der Waals surface area contributed by atoms with Crippen molar-refractivity contribution in [2.75, 3.05) is 13.7 Å². The van der Waals surface area contributed by atoms with Crippen molar-refractivity contribution in [1.82, 2.24) is 10.6 Å². The van der Waals surface area contributed by atoms with Crippen molar-refractivity contribution in [1.29, 1.82) is 0 Å². The van der Waals surface area contributed by atoms with E-state index in [0.717, 1.165) is 19.3 Å². The fourth-order valence-corrected chi connectivity index (χ4v) is 4.80. The summed E-state index contributed by atoms with van der Waals surface area (Å²) in [4.78, 5) is 24.9. The average molecular weight is 388 g/mol. The molecule has 1 saturated carbocycles. The van der Waals surface area contributed by atoms with Crippen LogP contribution in [-0.2, 0) is 14.3 Å². The van der Waals surface area contributed by atoms with Crippen molar-refractivity contribution in [3.05, 3.63) is 24.3 Å². The number of nitrogens with one attached hydrogen (secondary N) is 2. The third kappa shape index (κ3) is 3.81. The predicted octanol–water partition coefficient (Wildman–Crippen LogP) is 1.65. The number of ether oxygens (including phenoxy) is 3. The summed E-state index contributed by atoms with van der Waals surface area (Å²) in [6.07, 6.45) is 2.06. The van der Waals surface area contributed by atoms with E-state index in [1.165, 1.54) is 0 Å². The second-order valence-electron chi connectivity index (χ2n) is 8.08. The van der Waals surface area contributed by atoms with Gasteiger partial charge in [-0.2, -0.15) is 0 Å². The smallest absolute Gasteiger partial charge is 0.265 e. The van der Waals surface area contributed by atoms with Crippen LogP contribution in [0.4, 0.5) is 0 Å². The highest BCUT2D eigenvalue weighted by Crippen LogP contribution is 2.36. The van der Waals surface area contributed by atoms with Gasteiger partial charge in [-0.3, -0.25) is 9.59 Å². The van der Waals surface area contributed by atoms with Gasteiger partial charge in [-0.1, -0.05) is 12.1 Å². The molecule has 2 amide bonds. The second kappa shape index (κ2) is 7.99. The van der Waals surface area contributed by atoms with Crippen LogP contribution in [0.3, 0.4) is 0 Å². The molecule has 6 atom stereocenters. The summed E-state index contributed by atoms with van der Waals surface area (Å²) in [5.41, 5.74) is 0. The Labute approximate surface area is 165 Å². The molecule has 0 spiro atoms. The molecule has 0 bridgehead atoms. The monoisotopic (exact) mass is 388 g/mol. The Morgan fingerprint density at radius 3 is 2.75 bits per heavy atom. The fraction of sp³-hybridized carbons (Fsp3) is 0.619. The number of hydrogen-bond donors (Lipinski definition) is 2. The highest BCUT2D eigenvalue weighted by Gasteiger charge is 2.42. The van der Waals surface area contributed by atoms with E-state index in [9.17, 15) is 9.59 Å². The van der Waals surface area contributed by atoms with Crippen LogP contribution in [0.25, 0.3) is 0 Å². The van der Waals surface area contributed by atoms with Gasteiger partial charge in [-0.25, -0.2) is 0 Å². The van der Waals surface area contributed by atoms with Gasteiger partial charge in [0.25, 0.3) is 5.91 Å². The molecule has 3 aliphatic rings. The molecule has 0 radical (unpaired) electrons. The number of benzene rings is 1. The maximum absolute atomic E-state index is 12.9. The molecule has 1 aliphatic carbocycles. The Morgan fingerprint density at radius 1 is 1.25 bits per heavy atom. The molecule has 2 aliphatic heterocycles. The lowest BCUT2D eigenvalue weighted by atomic mass is 9.71. The molecule has 2 N–H and O–H groups in total. The van der Waals surface area contributed by atoms with Crippen molar-refractivity contribution in [2.45, 2.75) is 56.9 Å². The average Bonchev–Trinajstić information content (AvgIpc) is 2.67. The first-order valence-electron chi connectivity index (χ1n) is 10.1. The van der Waals surface area contributed by atoms with Crippen molar-refractivity contribution in [3.63, 3.8) is 0 Å². The number of piperidine rings is 1. The Morgan fingerprint density at radius 2 is 2.00 bits per heavy atom. The summed E-state index contributed by atoms with van der Waals surface area (Å²) in [7, 11) is 1.68. The maximum atomic E-state index is 12.9. The maximum Gasteiger partial charge on any atom is 0.265 e. The zero-order valence-corrected chi connectivity index (χ0v) is 16.4. The number of carbonyl (C=O) groups is 2. The van der Waals surface area contributed by atoms with E-state index in [1.807, 2.05) is 25.1 Å². The first-order chi connectivity index (χ1) is 13.5. The quantitative estimate of drug-likeness (QED) is 0.819. The normalized spacial score (nSPS) is 34.1. The van der Waals surface area contributed by atoms with Gasteiger partial charge >= 0.3 is 0 Å². The first kappa shape index (κ1) is 19.1. The molecule has 2 heterocycles. The van der Waals surface area contributed by atoms with E-state index < -0.39 is 6.10 Å². The molecule has 1 aromatic rings. The molecule has 7 heteroatoms. The second-order valence-corrected chi connectivity index (χ2v) is 8.08. The van der Waals surface area contributed by atoms with Crippen LogP contribution in [0, 0.1) is 11.8 Å². The predicted molar refractivity (Wildman–Crippen MR) is 102 cm³/mol. The molecule has 7 nitrogen and oxygen atoms in total. The molecule has 1 aromatic carbocycles. The fourth-order valence-electron chi connectivity index (χ4n) is 4.80. The molecule has 6 unspecified atom stereocenters. The molecular weight excluding hydrogens is 360 g/mol. The molecular formula is C21H28N2O5. The number of methoxy groups -OCH3 is 1. The SMILES string of the molecule is COCC1CC(=O)NC2CC(NC(=O)C3Oc4ccccc4OC3C)CCC12. The van der Waals surface area contributed by atoms with Gasteiger partial charge in [-0.15, -0.1) is 0 Å². The van der Waals surface area contributed by atoms with Gasteiger partial charge in [0.05, 0.1) is 0 Å². The minimum absolute atomic E-state index is 0.0170. The molecule has 0 aromatic heterocycles. The van der Waals surface area contributed by atoms with Crippen LogP contribution in [0.2, 0.25) is 0 Å². The summed E-state index contributed by atoms with van der Waals surface area (Å²) in [6.45, 7) is 2.45. The van der Waals surface area contributed by atoms with E-state index >= 15 is 0 Å². The van der Waals surface area contributed by atoms with Crippen molar-refractivity contribution in [3.8, 4) is 11.5 Å². The Kier molecular flexibility index (Phi) is 5.44. The largest absolute Gasteiger partial charge is 0.482 e. The van der Waals surface area contributed by atoms with Gasteiger partial charge < -0.3 is 24.8 Å². The first-order valence-corrected chi connectivity index (χ1v) is 10.1. The van der Waals surface area contributed by atoms with Gasteiger partial charge in [0.1, 0.15) is 6.10 Å². The Balaban J connectivity index is 1.37. The van der Waals surface area contributed by atoms with Crippen LogP contribution < -0.4 is 20.1 Å². The highest BCUT2D eigenvalue weighted by atomic mass is 16.6. The summed E-state index contributed by atoms with van der Waals surface area (Å²) in [5.74, 6) is 1.82. The number of hydrogen-bond acceptors (Lipinski definition) is 5. The van der Waals surface area contributed by atoms with Crippen LogP contribution in [0.1, 0.15) is 32.6 Å². The van der Waals surface area contributed by atoms with Crippen LogP contribution in [0.5, 0.6) is 11.5 Å². The van der Waals surface area contributed by atoms with Crippen LogP contribution >= 0.6 is 0 Å². The third-order valence-electron chi connectivity index (χ3n) is 6.13. The van der Waals surface area contributed by atoms with E-state index in [4.69, 9.17) is 14.2 Å². The number of rotatable bonds is 4. The van der Waals surface area contributed by atoms with Crippen LogP contribution in [-0.4, -0.2) is 49.8 Å². The van der Waals surface area contributed by atoms with E-state index in [1.54, 1.807) is 13.2 Å². The number of para-hydroxylation sites is 2. The van der Waals surface area contributed by atoms with Crippen molar-refractivity contribution < 1.29 is 23.8 Å². The number of carbonyl (C=O) groups excluding carboxylic acids is 2. The molecule has 28 heavy (non-hydrogen) atoms. The molecule has 4 rings (SSSR count). The van der Waals surface area contributed by atoms with Gasteiger partial charge in [0.2, 0.25) is 12.0 Å². The minimum atomic E-state index is -0.685. The summed E-state index contributed by atoms with van der Waals surface area (Å²) < 4.78 is 17.0. The Bertz CT molecular complexity index is 739. The minimum Gasteiger partial charge on any atom is -0.482 e. The summed E-state index contributed by atoms with van der Waals surface area (Å²) in [6, 6.07) is 7.48. The number of fused-ring (bicyclic) bond motifs is 2. The topological polar surface area (TPSA) is 85.9 Å². The van der Waals surface area contributed by atoms with Gasteiger partial charge in [0.15, 0.2) is 11.5 Å². The summed E-state index contributed by atoms with van der Waals surface area (Å²) in [5, 5.41) is 6.23. The zero-order chi connectivity index (χ0) is 19.7. The van der Waals surface area contributed by atoms with Gasteiger partial charge in [-0.05, 0) is 50.2 Å². The lowest BCUT2D eigenvalue weighted by Crippen LogP contribution is -2.58. The Hall–Kier alpha value is -2.28.